The van der Waals surface area contributed by atoms with Crippen LogP contribution in [0.5, 0.6) is 0 Å². The number of nitrogens with one attached hydrogen (secondary N) is 2. The summed E-state index contributed by atoms with van der Waals surface area (Å²) in [6, 6.07) is 12.6. The van der Waals surface area contributed by atoms with E-state index in [9.17, 15) is 19.7 Å². The molecule has 0 bridgehead atoms. The van der Waals surface area contributed by atoms with E-state index in [-0.39, 0.29) is 22.4 Å². The second kappa shape index (κ2) is 11.0. The summed E-state index contributed by atoms with van der Waals surface area (Å²) >= 11 is 12.0. The summed E-state index contributed by atoms with van der Waals surface area (Å²) in [4.78, 5) is 35.5. The third-order valence-electron chi connectivity index (χ3n) is 4.76. The van der Waals surface area contributed by atoms with Crippen LogP contribution < -0.4 is 10.7 Å². The molecule has 0 aliphatic carbocycles. The second-order valence-corrected chi connectivity index (χ2v) is 8.40. The van der Waals surface area contributed by atoms with E-state index in [1.807, 2.05) is 0 Å². The van der Waals surface area contributed by atoms with Crippen LogP contribution in [-0.4, -0.2) is 29.0 Å². The number of hydrogen-bond donors (Lipinski definition) is 2. The van der Waals surface area contributed by atoms with Gasteiger partial charge in [-0.15, -0.1) is 0 Å². The molecule has 0 saturated heterocycles. The summed E-state index contributed by atoms with van der Waals surface area (Å²) in [6.45, 7) is 3.58. The fourth-order valence-corrected chi connectivity index (χ4v) is 3.31. The molecule has 1 atom stereocenters. The van der Waals surface area contributed by atoms with Gasteiger partial charge in [-0.2, -0.15) is 5.10 Å². The van der Waals surface area contributed by atoms with Gasteiger partial charge in [0.05, 0.1) is 16.2 Å². The smallest absolute Gasteiger partial charge is 0.270 e. The van der Waals surface area contributed by atoms with Crippen LogP contribution in [0.1, 0.15) is 30.0 Å². The minimum absolute atomic E-state index is 0.126. The highest BCUT2D eigenvalue weighted by Gasteiger charge is 2.24. The maximum Gasteiger partial charge on any atom is 0.270 e. The fourth-order valence-electron chi connectivity index (χ4n) is 2.97. The SMILES string of the molecule is CC(C)C(NC(=O)c1ccc(Cl)cc1)C(=O)N/N=C/c1ccc(-c2cc([N+](=O)[O-])ccc2Cl)o1. The molecule has 0 radical (unpaired) electrons. The third-order valence-corrected chi connectivity index (χ3v) is 5.34. The van der Waals surface area contributed by atoms with Crippen LogP contribution in [0.3, 0.4) is 0 Å². The molecule has 0 fully saturated rings. The van der Waals surface area contributed by atoms with Crippen LogP contribution in [0.4, 0.5) is 5.69 Å². The van der Waals surface area contributed by atoms with Gasteiger partial charge in [-0.05, 0) is 48.4 Å². The molecule has 2 aromatic carbocycles. The van der Waals surface area contributed by atoms with Crippen molar-refractivity contribution in [2.24, 2.45) is 11.0 Å². The number of furan rings is 1. The Balaban J connectivity index is 1.66. The van der Waals surface area contributed by atoms with E-state index >= 15 is 0 Å². The monoisotopic (exact) mass is 502 g/mol. The van der Waals surface area contributed by atoms with Gasteiger partial charge in [0, 0.05) is 28.3 Å². The van der Waals surface area contributed by atoms with Gasteiger partial charge in [-0.3, -0.25) is 19.7 Å². The molecule has 1 unspecified atom stereocenters. The number of amides is 2. The molecule has 3 rings (SSSR count). The van der Waals surface area contributed by atoms with E-state index in [1.165, 1.54) is 24.4 Å². The minimum atomic E-state index is -0.837. The van der Waals surface area contributed by atoms with Crippen molar-refractivity contribution in [3.8, 4) is 11.3 Å². The maximum atomic E-state index is 12.6. The highest BCUT2D eigenvalue weighted by atomic mass is 35.5. The van der Waals surface area contributed by atoms with Crippen LogP contribution in [-0.2, 0) is 4.79 Å². The Bertz CT molecular complexity index is 1240. The zero-order chi connectivity index (χ0) is 24.8. The van der Waals surface area contributed by atoms with Gasteiger partial charge in [-0.1, -0.05) is 37.0 Å². The molecule has 0 aliphatic rings. The van der Waals surface area contributed by atoms with Crippen molar-refractivity contribution in [3.63, 3.8) is 0 Å². The van der Waals surface area contributed by atoms with Crippen molar-refractivity contribution in [2.75, 3.05) is 0 Å². The standard InChI is InChI=1S/C23H20Cl2N4O5/c1-13(2)21(27-22(30)14-3-5-15(24)6-4-14)23(31)28-26-12-17-8-10-20(34-17)18-11-16(29(32)33)7-9-19(18)25/h3-13,21H,1-2H3,(H,27,30)(H,28,31)/b26-12+. The Kier molecular flexibility index (Phi) is 8.04. The molecule has 1 heterocycles. The molecule has 9 nitrogen and oxygen atoms in total. The van der Waals surface area contributed by atoms with Crippen LogP contribution in [0.25, 0.3) is 11.3 Å². The molecule has 0 spiro atoms. The predicted octanol–water partition coefficient (Wildman–Crippen LogP) is 5.07. The average Bonchev–Trinajstić information content (AvgIpc) is 3.26. The Hall–Kier alpha value is -3.69. The number of carbonyl (C=O) groups excluding carboxylic acids is 2. The third kappa shape index (κ3) is 6.21. The van der Waals surface area contributed by atoms with Crippen LogP contribution in [0.15, 0.2) is 64.1 Å². The molecular weight excluding hydrogens is 483 g/mol. The maximum absolute atomic E-state index is 12.6. The fraction of sp³-hybridized carbons (Fsp3) is 0.174. The van der Waals surface area contributed by atoms with E-state index in [1.54, 1.807) is 50.2 Å². The normalized spacial score (nSPS) is 12.0. The van der Waals surface area contributed by atoms with E-state index in [2.05, 4.69) is 15.8 Å². The summed E-state index contributed by atoms with van der Waals surface area (Å²) in [5.41, 5.74) is 2.98. The Morgan fingerprint density at radius 1 is 1.09 bits per heavy atom. The molecule has 3 aromatic rings. The summed E-state index contributed by atoms with van der Waals surface area (Å²) in [7, 11) is 0. The lowest BCUT2D eigenvalue weighted by atomic mass is 10.0. The predicted molar refractivity (Wildman–Crippen MR) is 129 cm³/mol. The molecule has 34 heavy (non-hydrogen) atoms. The van der Waals surface area contributed by atoms with Gasteiger partial charge in [0.1, 0.15) is 17.6 Å². The first-order chi connectivity index (χ1) is 16.2. The van der Waals surface area contributed by atoms with Gasteiger partial charge in [-0.25, -0.2) is 5.43 Å². The molecule has 2 amide bonds. The highest BCUT2D eigenvalue weighted by Crippen LogP contribution is 2.32. The lowest BCUT2D eigenvalue weighted by molar-refractivity contribution is -0.384. The van der Waals surface area contributed by atoms with Crippen molar-refractivity contribution in [3.05, 3.63) is 86.1 Å². The molecule has 11 heteroatoms. The topological polar surface area (TPSA) is 127 Å². The number of benzene rings is 2. The second-order valence-electron chi connectivity index (χ2n) is 7.56. The lowest BCUT2D eigenvalue weighted by Crippen LogP contribution is -2.48. The number of non-ortho nitro benzene ring substituents is 1. The lowest BCUT2D eigenvalue weighted by Gasteiger charge is -2.20. The van der Waals surface area contributed by atoms with Crippen molar-refractivity contribution >= 4 is 46.9 Å². The van der Waals surface area contributed by atoms with Gasteiger partial charge in [0.25, 0.3) is 17.5 Å². The summed E-state index contributed by atoms with van der Waals surface area (Å²) in [5.74, 6) is -0.556. The van der Waals surface area contributed by atoms with Gasteiger partial charge < -0.3 is 9.73 Å². The molecule has 1 aromatic heterocycles. The first-order valence-electron chi connectivity index (χ1n) is 10.1. The molecule has 2 N–H and O–H groups in total. The van der Waals surface area contributed by atoms with Gasteiger partial charge >= 0.3 is 0 Å². The van der Waals surface area contributed by atoms with Crippen molar-refractivity contribution < 1.29 is 18.9 Å². The number of nitrogens with zero attached hydrogens (tertiary/aromatic N) is 2. The van der Waals surface area contributed by atoms with Gasteiger partial charge in [0.15, 0.2) is 0 Å². The van der Waals surface area contributed by atoms with E-state index in [0.717, 1.165) is 0 Å². The summed E-state index contributed by atoms with van der Waals surface area (Å²) < 4.78 is 5.62. The highest BCUT2D eigenvalue weighted by molar-refractivity contribution is 6.33. The zero-order valence-electron chi connectivity index (χ0n) is 18.1. The van der Waals surface area contributed by atoms with Crippen molar-refractivity contribution in [1.82, 2.24) is 10.7 Å². The van der Waals surface area contributed by atoms with Gasteiger partial charge in [0.2, 0.25) is 0 Å². The minimum Gasteiger partial charge on any atom is -0.455 e. The van der Waals surface area contributed by atoms with Crippen LogP contribution in [0.2, 0.25) is 10.0 Å². The average molecular weight is 503 g/mol. The first-order valence-corrected chi connectivity index (χ1v) is 10.8. The Labute approximate surface area is 204 Å². The zero-order valence-corrected chi connectivity index (χ0v) is 19.6. The van der Waals surface area contributed by atoms with Crippen molar-refractivity contribution in [1.29, 1.82) is 0 Å². The number of hydrazone groups is 1. The quantitative estimate of drug-likeness (QED) is 0.252. The van der Waals surface area contributed by atoms with Crippen LogP contribution in [0, 0.1) is 16.0 Å². The summed E-state index contributed by atoms with van der Waals surface area (Å²) in [6.07, 6.45) is 1.27. The van der Waals surface area contributed by atoms with E-state index < -0.39 is 22.8 Å². The van der Waals surface area contributed by atoms with Crippen LogP contribution >= 0.6 is 23.2 Å². The number of nitro benzene ring substituents is 1. The molecule has 0 aliphatic heterocycles. The molecule has 176 valence electrons. The number of hydrogen-bond acceptors (Lipinski definition) is 6. The number of nitro groups is 1. The number of rotatable bonds is 8. The van der Waals surface area contributed by atoms with E-state index in [4.69, 9.17) is 27.6 Å². The number of halogens is 2. The molecular formula is C23H20Cl2N4O5. The van der Waals surface area contributed by atoms with E-state index in [0.29, 0.717) is 21.9 Å². The van der Waals surface area contributed by atoms with Crippen molar-refractivity contribution in [2.45, 2.75) is 19.9 Å². The molecule has 0 saturated carbocycles. The summed E-state index contributed by atoms with van der Waals surface area (Å²) in [5, 5.41) is 18.4. The largest absolute Gasteiger partial charge is 0.455 e. The Morgan fingerprint density at radius 3 is 2.44 bits per heavy atom. The Morgan fingerprint density at radius 2 is 1.79 bits per heavy atom. The number of carbonyl (C=O) groups is 2. The first kappa shape index (κ1) is 24.9.